The molecule has 1 amide bonds. The van der Waals surface area contributed by atoms with Gasteiger partial charge in [0, 0.05) is 19.3 Å². The van der Waals surface area contributed by atoms with E-state index in [0.29, 0.717) is 23.2 Å². The Labute approximate surface area is 134 Å². The Hall–Kier alpha value is -2.21. The molecule has 2 atom stereocenters. The molecule has 1 saturated heterocycles. The van der Waals surface area contributed by atoms with Gasteiger partial charge in [0.05, 0.1) is 23.4 Å². The van der Waals surface area contributed by atoms with E-state index >= 15 is 0 Å². The highest BCUT2D eigenvalue weighted by atomic mass is 19.1. The number of rotatable bonds is 2. The average molecular weight is 317 g/mol. The third-order valence-electron chi connectivity index (χ3n) is 4.50. The SMILES string of the molecule is Cc1nn(C)c(C)c1C(=O)N1CC(O)CC1c1cccc(F)c1. The molecular weight excluding hydrogens is 297 g/mol. The molecule has 0 spiro atoms. The summed E-state index contributed by atoms with van der Waals surface area (Å²) in [6.07, 6.45) is -0.197. The van der Waals surface area contributed by atoms with Crippen molar-refractivity contribution in [2.45, 2.75) is 32.4 Å². The van der Waals surface area contributed by atoms with Gasteiger partial charge in [-0.05, 0) is 38.0 Å². The van der Waals surface area contributed by atoms with Gasteiger partial charge in [-0.25, -0.2) is 4.39 Å². The number of carbonyl (C=O) groups is 1. The Kier molecular flexibility index (Phi) is 3.93. The minimum atomic E-state index is -0.607. The Bertz CT molecular complexity index is 756. The van der Waals surface area contributed by atoms with Crippen LogP contribution in [0.5, 0.6) is 0 Å². The van der Waals surface area contributed by atoms with Crippen molar-refractivity contribution < 1.29 is 14.3 Å². The maximum atomic E-state index is 13.5. The van der Waals surface area contributed by atoms with Crippen LogP contribution >= 0.6 is 0 Å². The molecule has 5 nitrogen and oxygen atoms in total. The van der Waals surface area contributed by atoms with Crippen LogP contribution in [0.3, 0.4) is 0 Å². The van der Waals surface area contributed by atoms with Crippen molar-refractivity contribution in [1.29, 1.82) is 0 Å². The molecule has 1 aliphatic rings. The minimum absolute atomic E-state index is 0.168. The van der Waals surface area contributed by atoms with Gasteiger partial charge in [0.25, 0.3) is 5.91 Å². The van der Waals surface area contributed by atoms with E-state index in [1.54, 1.807) is 35.7 Å². The van der Waals surface area contributed by atoms with Crippen molar-refractivity contribution in [3.05, 3.63) is 52.6 Å². The summed E-state index contributed by atoms with van der Waals surface area (Å²) in [4.78, 5) is 14.6. The van der Waals surface area contributed by atoms with Gasteiger partial charge >= 0.3 is 0 Å². The highest BCUT2D eigenvalue weighted by Gasteiger charge is 2.37. The van der Waals surface area contributed by atoms with Crippen molar-refractivity contribution in [1.82, 2.24) is 14.7 Å². The highest BCUT2D eigenvalue weighted by Crippen LogP contribution is 2.34. The van der Waals surface area contributed by atoms with Crippen LogP contribution < -0.4 is 0 Å². The van der Waals surface area contributed by atoms with E-state index in [1.165, 1.54) is 12.1 Å². The normalized spacial score (nSPS) is 21.0. The van der Waals surface area contributed by atoms with Gasteiger partial charge in [-0.1, -0.05) is 12.1 Å². The molecule has 1 aromatic heterocycles. The first-order valence-corrected chi connectivity index (χ1v) is 7.63. The summed E-state index contributed by atoms with van der Waals surface area (Å²) < 4.78 is 15.2. The smallest absolute Gasteiger partial charge is 0.258 e. The molecule has 2 heterocycles. The van der Waals surface area contributed by atoms with Gasteiger partial charge in [-0.15, -0.1) is 0 Å². The number of carbonyl (C=O) groups excluding carboxylic acids is 1. The Morgan fingerprint density at radius 2 is 2.13 bits per heavy atom. The van der Waals surface area contributed by atoms with Gasteiger partial charge < -0.3 is 10.0 Å². The third kappa shape index (κ3) is 2.74. The van der Waals surface area contributed by atoms with Crippen molar-refractivity contribution in [3.63, 3.8) is 0 Å². The number of nitrogens with zero attached hydrogens (tertiary/aromatic N) is 3. The predicted octanol–water partition coefficient (Wildman–Crippen LogP) is 2.12. The molecule has 0 bridgehead atoms. The van der Waals surface area contributed by atoms with Crippen LogP contribution in [0.4, 0.5) is 4.39 Å². The van der Waals surface area contributed by atoms with Gasteiger partial charge in [0.2, 0.25) is 0 Å². The number of aliphatic hydroxyl groups excluding tert-OH is 1. The lowest BCUT2D eigenvalue weighted by Gasteiger charge is -2.25. The van der Waals surface area contributed by atoms with Crippen LogP contribution in [0.25, 0.3) is 0 Å². The fourth-order valence-electron chi connectivity index (χ4n) is 3.29. The number of halogens is 1. The van der Waals surface area contributed by atoms with E-state index < -0.39 is 6.10 Å². The monoisotopic (exact) mass is 317 g/mol. The summed E-state index contributed by atoms with van der Waals surface area (Å²) in [5, 5.41) is 14.3. The molecular formula is C17H20FN3O2. The number of hydrogen-bond acceptors (Lipinski definition) is 3. The summed E-state index contributed by atoms with van der Waals surface area (Å²) in [6, 6.07) is 5.88. The fraction of sp³-hybridized carbons (Fsp3) is 0.412. The van der Waals surface area contributed by atoms with E-state index in [2.05, 4.69) is 5.10 Å². The number of β-amino-alcohol motifs (C(OH)–C–C–N with tert-alkyl or cyclic N) is 1. The molecule has 1 fully saturated rings. The van der Waals surface area contributed by atoms with Gasteiger partial charge in [-0.3, -0.25) is 9.48 Å². The zero-order chi connectivity index (χ0) is 16.7. The topological polar surface area (TPSA) is 58.4 Å². The van der Waals surface area contributed by atoms with E-state index in [9.17, 15) is 14.3 Å². The largest absolute Gasteiger partial charge is 0.391 e. The quantitative estimate of drug-likeness (QED) is 0.923. The number of aliphatic hydroxyl groups is 1. The van der Waals surface area contributed by atoms with Crippen LogP contribution in [0.15, 0.2) is 24.3 Å². The van der Waals surface area contributed by atoms with Gasteiger partial charge in [0.15, 0.2) is 0 Å². The first-order chi connectivity index (χ1) is 10.9. The minimum Gasteiger partial charge on any atom is -0.391 e. The second-order valence-corrected chi connectivity index (χ2v) is 6.09. The van der Waals surface area contributed by atoms with E-state index in [4.69, 9.17) is 0 Å². The summed E-state index contributed by atoms with van der Waals surface area (Å²) in [5.74, 6) is -0.510. The van der Waals surface area contributed by atoms with Crippen LogP contribution in [-0.2, 0) is 7.05 Å². The number of aromatic nitrogens is 2. The van der Waals surface area contributed by atoms with Crippen LogP contribution in [0.2, 0.25) is 0 Å². The molecule has 3 rings (SSSR count). The second-order valence-electron chi connectivity index (χ2n) is 6.09. The molecule has 0 radical (unpaired) electrons. The first kappa shape index (κ1) is 15.7. The zero-order valence-electron chi connectivity index (χ0n) is 13.5. The van der Waals surface area contributed by atoms with Crippen molar-refractivity contribution in [2.24, 2.45) is 7.05 Å². The maximum absolute atomic E-state index is 13.5. The van der Waals surface area contributed by atoms with Crippen molar-refractivity contribution in [2.75, 3.05) is 6.54 Å². The number of aryl methyl sites for hydroxylation is 2. The summed E-state index contributed by atoms with van der Waals surface area (Å²) >= 11 is 0. The standard InChI is InChI=1S/C17H20FN3O2/c1-10-16(11(2)20(3)19-10)17(23)21-9-14(22)8-15(21)12-5-4-6-13(18)7-12/h4-7,14-15,22H,8-9H2,1-3H3. The number of hydrogen-bond donors (Lipinski definition) is 1. The lowest BCUT2D eigenvalue weighted by Crippen LogP contribution is -2.32. The van der Waals surface area contributed by atoms with Gasteiger partial charge in [-0.2, -0.15) is 5.10 Å². The predicted molar refractivity (Wildman–Crippen MR) is 83.5 cm³/mol. The van der Waals surface area contributed by atoms with Crippen molar-refractivity contribution >= 4 is 5.91 Å². The first-order valence-electron chi connectivity index (χ1n) is 7.63. The molecule has 1 N–H and O–H groups in total. The number of likely N-dealkylation sites (tertiary alicyclic amines) is 1. The Balaban J connectivity index is 1.98. The molecule has 2 aromatic rings. The lowest BCUT2D eigenvalue weighted by atomic mass is 10.0. The molecule has 1 aromatic carbocycles. The molecule has 1 aliphatic heterocycles. The van der Waals surface area contributed by atoms with Crippen LogP contribution in [0.1, 0.15) is 39.8 Å². The van der Waals surface area contributed by atoms with E-state index in [1.807, 2.05) is 6.92 Å². The van der Waals surface area contributed by atoms with Gasteiger partial charge in [0.1, 0.15) is 5.82 Å². The number of benzene rings is 1. The maximum Gasteiger partial charge on any atom is 0.258 e. The summed E-state index contributed by atoms with van der Waals surface area (Å²) in [7, 11) is 1.79. The van der Waals surface area contributed by atoms with Crippen molar-refractivity contribution in [3.8, 4) is 0 Å². The van der Waals surface area contributed by atoms with Crippen LogP contribution in [-0.4, -0.2) is 38.3 Å². The van der Waals surface area contributed by atoms with Crippen LogP contribution in [0, 0.1) is 19.7 Å². The fourth-order valence-corrected chi connectivity index (χ4v) is 3.29. The van der Waals surface area contributed by atoms with E-state index in [0.717, 1.165) is 5.69 Å². The van der Waals surface area contributed by atoms with E-state index in [-0.39, 0.29) is 24.3 Å². The summed E-state index contributed by atoms with van der Waals surface area (Å²) in [5.41, 5.74) is 2.71. The average Bonchev–Trinajstić information content (AvgIpc) is 2.99. The second kappa shape index (κ2) is 5.77. The molecule has 122 valence electrons. The Morgan fingerprint density at radius 3 is 2.74 bits per heavy atom. The molecule has 23 heavy (non-hydrogen) atoms. The summed E-state index contributed by atoms with van der Waals surface area (Å²) in [6.45, 7) is 3.88. The molecule has 6 heteroatoms. The molecule has 0 saturated carbocycles. The molecule has 0 aliphatic carbocycles. The highest BCUT2D eigenvalue weighted by molar-refractivity contribution is 5.97. The Morgan fingerprint density at radius 1 is 1.39 bits per heavy atom. The lowest BCUT2D eigenvalue weighted by molar-refractivity contribution is 0.0714. The molecule has 2 unspecified atom stereocenters. The third-order valence-corrected chi connectivity index (χ3v) is 4.50. The zero-order valence-corrected chi connectivity index (χ0v) is 13.5. The number of amides is 1.